The first kappa shape index (κ1) is 11.1. The third kappa shape index (κ3) is 2.24. The molecule has 84 valence electrons. The Balaban J connectivity index is 2.13. The average molecular weight is 283 g/mol. The molecule has 0 aliphatic carbocycles. The fourth-order valence-electron chi connectivity index (χ4n) is 1.49. The highest BCUT2D eigenvalue weighted by atomic mass is 79.9. The molecular weight excluding hydrogens is 272 g/mol. The summed E-state index contributed by atoms with van der Waals surface area (Å²) in [5.74, 6) is 1.06. The average Bonchev–Trinajstić information content (AvgIpc) is 2.86. The molecule has 0 aromatic carbocycles. The summed E-state index contributed by atoms with van der Waals surface area (Å²) in [6.07, 6.45) is 3.83. The van der Waals surface area contributed by atoms with Crippen molar-refractivity contribution >= 4 is 21.7 Å². The summed E-state index contributed by atoms with van der Waals surface area (Å²) in [4.78, 5) is 16.0. The molecule has 16 heavy (non-hydrogen) atoms. The molecule has 2 aromatic rings. The maximum Gasteiger partial charge on any atom is 0.205 e. The van der Waals surface area contributed by atoms with Crippen molar-refractivity contribution in [3.63, 3.8) is 0 Å². The van der Waals surface area contributed by atoms with Crippen molar-refractivity contribution in [2.24, 2.45) is 0 Å². The van der Waals surface area contributed by atoms with Gasteiger partial charge in [-0.3, -0.25) is 4.79 Å². The van der Waals surface area contributed by atoms with E-state index in [9.17, 15) is 4.79 Å². The lowest BCUT2D eigenvalue weighted by molar-refractivity contribution is 0.0962. The van der Waals surface area contributed by atoms with Crippen molar-refractivity contribution in [3.8, 4) is 0 Å². The summed E-state index contributed by atoms with van der Waals surface area (Å²) in [5.41, 5.74) is 0. The number of imidazole rings is 1. The minimum Gasteiger partial charge on any atom is -0.446 e. The molecular formula is C11H11BrN2O2. The van der Waals surface area contributed by atoms with Gasteiger partial charge >= 0.3 is 0 Å². The van der Waals surface area contributed by atoms with Crippen LogP contribution in [0.15, 0.2) is 33.6 Å². The smallest absolute Gasteiger partial charge is 0.205 e. The number of furan rings is 1. The Morgan fingerprint density at radius 1 is 1.56 bits per heavy atom. The minimum absolute atomic E-state index is 0.0633. The molecule has 0 fully saturated rings. The third-order valence-electron chi connectivity index (χ3n) is 2.31. The lowest BCUT2D eigenvalue weighted by Crippen LogP contribution is -2.08. The highest BCUT2D eigenvalue weighted by Gasteiger charge is 2.14. The summed E-state index contributed by atoms with van der Waals surface area (Å²) >= 11 is 3.17. The number of carbonyl (C=O) groups is 1. The van der Waals surface area contributed by atoms with Gasteiger partial charge in [0.2, 0.25) is 5.78 Å². The highest BCUT2D eigenvalue weighted by molar-refractivity contribution is 9.10. The second kappa shape index (κ2) is 4.65. The van der Waals surface area contributed by atoms with Crippen LogP contribution in [-0.2, 0) is 13.0 Å². The van der Waals surface area contributed by atoms with Crippen LogP contribution in [0.2, 0.25) is 0 Å². The number of carbonyl (C=O) groups excluding carboxylic acids is 1. The van der Waals surface area contributed by atoms with E-state index in [-0.39, 0.29) is 12.2 Å². The molecule has 0 spiro atoms. The first-order valence-electron chi connectivity index (χ1n) is 4.99. The molecule has 0 radical (unpaired) electrons. The first-order chi connectivity index (χ1) is 7.70. The topological polar surface area (TPSA) is 48.0 Å². The molecule has 0 bridgehead atoms. The molecule has 4 nitrogen and oxygen atoms in total. The number of ketones is 1. The van der Waals surface area contributed by atoms with Gasteiger partial charge in [-0.05, 0) is 35.0 Å². The number of halogens is 1. The second-order valence-corrected chi connectivity index (χ2v) is 4.11. The molecule has 0 saturated heterocycles. The van der Waals surface area contributed by atoms with E-state index < -0.39 is 0 Å². The number of nitrogens with zero attached hydrogens (tertiary/aromatic N) is 2. The fraction of sp³-hybridized carbons (Fsp3) is 0.273. The number of rotatable bonds is 4. The van der Waals surface area contributed by atoms with Crippen LogP contribution in [-0.4, -0.2) is 15.3 Å². The van der Waals surface area contributed by atoms with Gasteiger partial charge in [0.25, 0.3) is 0 Å². The van der Waals surface area contributed by atoms with Crippen LogP contribution in [0, 0.1) is 0 Å². The van der Waals surface area contributed by atoms with Gasteiger partial charge < -0.3 is 8.98 Å². The largest absolute Gasteiger partial charge is 0.446 e. The van der Waals surface area contributed by atoms with Crippen molar-refractivity contribution in [2.45, 2.75) is 19.9 Å². The van der Waals surface area contributed by atoms with E-state index in [1.165, 1.54) is 0 Å². The Morgan fingerprint density at radius 2 is 2.38 bits per heavy atom. The lowest BCUT2D eigenvalue weighted by atomic mass is 10.2. The van der Waals surface area contributed by atoms with Crippen molar-refractivity contribution in [3.05, 3.63) is 40.8 Å². The standard InChI is InChI=1S/C11H11BrN2O2/c1-2-14-6-5-13-11(14)7-8(15)9-3-4-10(12)16-9/h3-6H,2,7H2,1H3. The predicted octanol–water partition coefficient (Wildman–Crippen LogP) is 2.68. The van der Waals surface area contributed by atoms with Gasteiger partial charge in [0.15, 0.2) is 10.4 Å². The summed E-state index contributed by atoms with van der Waals surface area (Å²) in [6.45, 7) is 2.82. The number of hydrogen-bond acceptors (Lipinski definition) is 3. The molecule has 2 heterocycles. The normalized spacial score (nSPS) is 10.6. The molecule has 0 saturated carbocycles. The molecule has 0 amide bonds. The summed E-state index contributed by atoms with van der Waals surface area (Å²) in [6, 6.07) is 3.37. The summed E-state index contributed by atoms with van der Waals surface area (Å²) in [5, 5.41) is 0. The molecule has 5 heteroatoms. The van der Waals surface area contributed by atoms with E-state index in [1.54, 1.807) is 18.3 Å². The zero-order valence-electron chi connectivity index (χ0n) is 8.81. The zero-order chi connectivity index (χ0) is 11.5. The molecule has 0 unspecified atom stereocenters. The fourth-order valence-corrected chi connectivity index (χ4v) is 1.80. The van der Waals surface area contributed by atoms with Gasteiger partial charge in [-0.15, -0.1) is 0 Å². The van der Waals surface area contributed by atoms with Gasteiger partial charge in [0.05, 0.1) is 6.42 Å². The van der Waals surface area contributed by atoms with Gasteiger partial charge in [-0.25, -0.2) is 4.98 Å². The monoisotopic (exact) mass is 282 g/mol. The first-order valence-corrected chi connectivity index (χ1v) is 5.78. The predicted molar refractivity (Wildman–Crippen MR) is 62.3 cm³/mol. The summed E-state index contributed by atoms with van der Waals surface area (Å²) in [7, 11) is 0. The van der Waals surface area contributed by atoms with Gasteiger partial charge in [0, 0.05) is 18.9 Å². The number of hydrogen-bond donors (Lipinski definition) is 0. The summed E-state index contributed by atoms with van der Waals surface area (Å²) < 4.78 is 7.70. The van der Waals surface area contributed by atoms with Crippen LogP contribution in [0.4, 0.5) is 0 Å². The van der Waals surface area contributed by atoms with Crippen molar-refractivity contribution in [1.29, 1.82) is 0 Å². The zero-order valence-corrected chi connectivity index (χ0v) is 10.4. The molecule has 0 aliphatic heterocycles. The van der Waals surface area contributed by atoms with Crippen LogP contribution in [0.1, 0.15) is 23.3 Å². The maximum atomic E-state index is 11.8. The van der Waals surface area contributed by atoms with Crippen LogP contribution in [0.25, 0.3) is 0 Å². The third-order valence-corrected chi connectivity index (χ3v) is 2.74. The van der Waals surface area contributed by atoms with E-state index in [0.717, 1.165) is 12.4 Å². The van der Waals surface area contributed by atoms with Crippen LogP contribution in [0.5, 0.6) is 0 Å². The van der Waals surface area contributed by atoms with Gasteiger partial charge in [-0.1, -0.05) is 0 Å². The SMILES string of the molecule is CCn1ccnc1CC(=O)c1ccc(Br)o1. The Morgan fingerprint density at radius 3 is 3.00 bits per heavy atom. The molecule has 0 atom stereocenters. The number of aromatic nitrogens is 2. The van der Waals surface area contributed by atoms with E-state index in [2.05, 4.69) is 20.9 Å². The van der Waals surface area contributed by atoms with E-state index >= 15 is 0 Å². The highest BCUT2D eigenvalue weighted by Crippen LogP contribution is 2.15. The Bertz CT molecular complexity index is 502. The van der Waals surface area contributed by atoms with Gasteiger partial charge in [0.1, 0.15) is 5.82 Å². The minimum atomic E-state index is -0.0633. The van der Waals surface area contributed by atoms with E-state index in [4.69, 9.17) is 4.42 Å². The number of aryl methyl sites for hydroxylation is 1. The Labute approximate surface area is 101 Å². The number of Topliss-reactive ketones (excluding diaryl/α,β-unsaturated/α-hetero) is 1. The molecule has 2 rings (SSSR count). The lowest BCUT2D eigenvalue weighted by Gasteiger charge is -2.02. The van der Waals surface area contributed by atoms with Gasteiger partial charge in [-0.2, -0.15) is 0 Å². The molecule has 2 aromatic heterocycles. The van der Waals surface area contributed by atoms with E-state index in [0.29, 0.717) is 10.4 Å². The van der Waals surface area contributed by atoms with E-state index in [1.807, 2.05) is 17.7 Å². The van der Waals surface area contributed by atoms with Crippen molar-refractivity contribution in [1.82, 2.24) is 9.55 Å². The quantitative estimate of drug-likeness (QED) is 0.810. The van der Waals surface area contributed by atoms with Crippen LogP contribution < -0.4 is 0 Å². The Hall–Kier alpha value is -1.36. The maximum absolute atomic E-state index is 11.8. The Kier molecular flexibility index (Phi) is 3.24. The molecule has 0 N–H and O–H groups in total. The van der Waals surface area contributed by atoms with Crippen LogP contribution >= 0.6 is 15.9 Å². The van der Waals surface area contributed by atoms with Crippen LogP contribution in [0.3, 0.4) is 0 Å². The molecule has 0 aliphatic rings. The van der Waals surface area contributed by atoms with Crippen molar-refractivity contribution in [2.75, 3.05) is 0 Å². The van der Waals surface area contributed by atoms with Crippen molar-refractivity contribution < 1.29 is 9.21 Å². The second-order valence-electron chi connectivity index (χ2n) is 3.33.